The van der Waals surface area contributed by atoms with E-state index >= 15 is 0 Å². The lowest BCUT2D eigenvalue weighted by Gasteiger charge is -2.33. The average molecular weight is 455 g/mol. The van der Waals surface area contributed by atoms with Crippen LogP contribution in [0.5, 0.6) is 0 Å². The number of amides is 1. The Kier molecular flexibility index (Phi) is 5.34. The van der Waals surface area contributed by atoms with Crippen molar-refractivity contribution in [1.82, 2.24) is 19.3 Å². The molecule has 1 aliphatic carbocycles. The van der Waals surface area contributed by atoms with Crippen LogP contribution in [0.1, 0.15) is 31.2 Å². The van der Waals surface area contributed by atoms with Gasteiger partial charge in [0.25, 0.3) is 0 Å². The molecule has 2 N–H and O–H groups in total. The summed E-state index contributed by atoms with van der Waals surface area (Å²) in [5.41, 5.74) is 1.69. The first kappa shape index (κ1) is 20.9. The number of carbonyl (C=O) groups excluding carboxylic acids is 1. The van der Waals surface area contributed by atoms with Crippen molar-refractivity contribution in [3.63, 3.8) is 0 Å². The molecule has 3 heterocycles. The van der Waals surface area contributed by atoms with E-state index in [0.717, 1.165) is 24.2 Å². The molecule has 0 atom stereocenters. The summed E-state index contributed by atoms with van der Waals surface area (Å²) in [6, 6.07) is 12.5. The molecule has 2 aliphatic rings. The Morgan fingerprint density at radius 3 is 2.44 bits per heavy atom. The van der Waals surface area contributed by atoms with Gasteiger partial charge in [-0.3, -0.25) is 10.1 Å². The molecule has 9 nitrogen and oxygen atoms in total. The first-order valence-electron chi connectivity index (χ1n) is 10.9. The number of nitrogens with zero attached hydrogens (tertiary/aromatic N) is 4. The molecule has 0 spiro atoms. The molecule has 1 amide bonds. The Bertz CT molecular complexity index is 1240. The Morgan fingerprint density at radius 2 is 1.75 bits per heavy atom. The summed E-state index contributed by atoms with van der Waals surface area (Å²) in [7, 11) is -3.54. The van der Waals surface area contributed by atoms with Gasteiger partial charge >= 0.3 is 0 Å². The maximum absolute atomic E-state index is 12.7. The molecule has 1 aromatic carbocycles. The lowest BCUT2D eigenvalue weighted by atomic mass is 10.1. The SMILES string of the molecule is Cc1ccc(S(=O)(=O)NC2CCN(c3cccc4nc(NC(=O)C5CC5)nn34)CC2)cc1. The van der Waals surface area contributed by atoms with Crippen molar-refractivity contribution in [2.45, 2.75) is 43.5 Å². The number of nitrogens with one attached hydrogen (secondary N) is 2. The van der Waals surface area contributed by atoms with Gasteiger partial charge in [-0.2, -0.15) is 9.50 Å². The van der Waals surface area contributed by atoms with Crippen LogP contribution in [0, 0.1) is 12.8 Å². The molecule has 1 aliphatic heterocycles. The van der Waals surface area contributed by atoms with Crippen molar-refractivity contribution in [3.8, 4) is 0 Å². The minimum atomic E-state index is -3.54. The minimum absolute atomic E-state index is 0.0240. The van der Waals surface area contributed by atoms with Crippen molar-refractivity contribution in [2.75, 3.05) is 23.3 Å². The van der Waals surface area contributed by atoms with Crippen LogP contribution in [0.25, 0.3) is 5.65 Å². The van der Waals surface area contributed by atoms with E-state index in [0.29, 0.717) is 42.4 Å². The largest absolute Gasteiger partial charge is 0.356 e. The smallest absolute Gasteiger partial charge is 0.249 e. The summed E-state index contributed by atoms with van der Waals surface area (Å²) in [4.78, 5) is 18.9. The molecule has 3 aromatic rings. The predicted octanol–water partition coefficient (Wildman–Crippen LogP) is 2.33. The van der Waals surface area contributed by atoms with Crippen LogP contribution < -0.4 is 14.9 Å². The number of anilines is 2. The van der Waals surface area contributed by atoms with Crippen LogP contribution in [0.2, 0.25) is 0 Å². The number of rotatable bonds is 6. The number of carbonyl (C=O) groups is 1. The van der Waals surface area contributed by atoms with Gasteiger partial charge in [-0.05, 0) is 56.9 Å². The number of fused-ring (bicyclic) bond motifs is 1. The molecule has 0 unspecified atom stereocenters. The number of hydrogen-bond donors (Lipinski definition) is 2. The summed E-state index contributed by atoms with van der Waals surface area (Å²) >= 11 is 0. The Morgan fingerprint density at radius 1 is 1.03 bits per heavy atom. The van der Waals surface area contributed by atoms with E-state index in [4.69, 9.17) is 0 Å². The normalized spacial score (nSPS) is 17.6. The Labute approximate surface area is 186 Å². The zero-order valence-corrected chi connectivity index (χ0v) is 18.7. The van der Waals surface area contributed by atoms with Crippen LogP contribution in [0.4, 0.5) is 11.8 Å². The van der Waals surface area contributed by atoms with Crippen LogP contribution in [-0.4, -0.2) is 48.1 Å². The average Bonchev–Trinajstić information content (AvgIpc) is 3.54. The molecule has 0 radical (unpaired) electrons. The van der Waals surface area contributed by atoms with Gasteiger partial charge in [-0.25, -0.2) is 13.1 Å². The zero-order chi connectivity index (χ0) is 22.3. The highest BCUT2D eigenvalue weighted by molar-refractivity contribution is 7.89. The van der Waals surface area contributed by atoms with E-state index in [2.05, 4.69) is 25.0 Å². The Hall–Kier alpha value is -2.98. The molecule has 1 saturated carbocycles. The first-order valence-corrected chi connectivity index (χ1v) is 12.4. The van der Waals surface area contributed by atoms with Crippen LogP contribution in [-0.2, 0) is 14.8 Å². The summed E-state index contributed by atoms with van der Waals surface area (Å²) in [5.74, 6) is 1.25. The third kappa shape index (κ3) is 4.33. The molecule has 168 valence electrons. The molecule has 32 heavy (non-hydrogen) atoms. The van der Waals surface area contributed by atoms with Gasteiger partial charge in [-0.15, -0.1) is 5.10 Å². The third-order valence-corrected chi connectivity index (χ3v) is 7.53. The highest BCUT2D eigenvalue weighted by Gasteiger charge is 2.30. The molecule has 0 bridgehead atoms. The van der Waals surface area contributed by atoms with Crippen LogP contribution in [0.15, 0.2) is 47.4 Å². The summed E-state index contributed by atoms with van der Waals surface area (Å²) < 4.78 is 30.0. The Balaban J connectivity index is 1.26. The fourth-order valence-corrected chi connectivity index (χ4v) is 5.28. The zero-order valence-electron chi connectivity index (χ0n) is 17.9. The second kappa shape index (κ2) is 8.18. The molecular formula is C22H26N6O3S. The van der Waals surface area contributed by atoms with E-state index < -0.39 is 10.0 Å². The lowest BCUT2D eigenvalue weighted by molar-refractivity contribution is -0.117. The number of sulfonamides is 1. The van der Waals surface area contributed by atoms with Crippen molar-refractivity contribution < 1.29 is 13.2 Å². The van der Waals surface area contributed by atoms with Crippen molar-refractivity contribution in [3.05, 3.63) is 48.0 Å². The number of benzene rings is 1. The number of pyridine rings is 1. The maximum atomic E-state index is 12.7. The standard InChI is InChI=1S/C22H26N6O3S/c1-15-5-9-18(10-6-15)32(30,31)26-17-11-13-27(14-12-17)20-4-2-3-19-23-22(25-28(19)20)24-21(29)16-7-8-16/h2-6,9-10,16-17,26H,7-8,11-14H2,1H3,(H,24,25,29). The van der Waals surface area contributed by atoms with Crippen molar-refractivity contribution in [2.24, 2.45) is 5.92 Å². The lowest BCUT2D eigenvalue weighted by Crippen LogP contribution is -2.45. The highest BCUT2D eigenvalue weighted by Crippen LogP contribution is 2.30. The van der Waals surface area contributed by atoms with Gasteiger partial charge < -0.3 is 4.90 Å². The van der Waals surface area contributed by atoms with Crippen LogP contribution >= 0.6 is 0 Å². The van der Waals surface area contributed by atoms with E-state index in [-0.39, 0.29) is 17.9 Å². The van der Waals surface area contributed by atoms with Gasteiger partial charge in [0.15, 0.2) is 5.65 Å². The van der Waals surface area contributed by atoms with Crippen molar-refractivity contribution >= 4 is 33.3 Å². The summed E-state index contributed by atoms with van der Waals surface area (Å²) in [5, 5.41) is 7.28. The second-order valence-electron chi connectivity index (χ2n) is 8.55. The molecule has 10 heteroatoms. The van der Waals surface area contributed by atoms with Crippen LogP contribution in [0.3, 0.4) is 0 Å². The van der Waals surface area contributed by atoms with E-state index in [9.17, 15) is 13.2 Å². The number of aromatic nitrogens is 3. The predicted molar refractivity (Wildman–Crippen MR) is 121 cm³/mol. The minimum Gasteiger partial charge on any atom is -0.356 e. The first-order chi connectivity index (χ1) is 15.4. The van der Waals surface area contributed by atoms with Crippen molar-refractivity contribution in [1.29, 1.82) is 0 Å². The number of hydrogen-bond acceptors (Lipinski definition) is 6. The molecule has 2 fully saturated rings. The van der Waals surface area contributed by atoms with Gasteiger partial charge in [0.05, 0.1) is 4.90 Å². The second-order valence-corrected chi connectivity index (χ2v) is 10.3. The van der Waals surface area contributed by atoms with E-state index in [1.165, 1.54) is 0 Å². The number of piperidine rings is 1. The molecule has 1 saturated heterocycles. The van der Waals surface area contributed by atoms with Gasteiger partial charge in [0.1, 0.15) is 5.82 Å². The summed E-state index contributed by atoms with van der Waals surface area (Å²) in [6.07, 6.45) is 3.21. The molecule has 2 aromatic heterocycles. The third-order valence-electron chi connectivity index (χ3n) is 5.99. The fourth-order valence-electron chi connectivity index (χ4n) is 3.97. The van der Waals surface area contributed by atoms with Gasteiger partial charge in [0, 0.05) is 25.0 Å². The van der Waals surface area contributed by atoms with Gasteiger partial charge in [-0.1, -0.05) is 23.8 Å². The monoisotopic (exact) mass is 454 g/mol. The molecule has 5 rings (SSSR count). The fraction of sp³-hybridized carbons (Fsp3) is 0.409. The van der Waals surface area contributed by atoms with Gasteiger partial charge in [0.2, 0.25) is 21.9 Å². The molecular weight excluding hydrogens is 428 g/mol. The van der Waals surface area contributed by atoms with E-state index in [1.54, 1.807) is 28.8 Å². The summed E-state index contributed by atoms with van der Waals surface area (Å²) in [6.45, 7) is 3.30. The quantitative estimate of drug-likeness (QED) is 0.592. The topological polar surface area (TPSA) is 109 Å². The maximum Gasteiger partial charge on any atom is 0.249 e. The van der Waals surface area contributed by atoms with E-state index in [1.807, 2.05) is 25.1 Å². The number of aryl methyl sites for hydroxylation is 1. The highest BCUT2D eigenvalue weighted by atomic mass is 32.2.